The maximum atomic E-state index is 13.7. The lowest BCUT2D eigenvalue weighted by atomic mass is 9.78. The predicted octanol–water partition coefficient (Wildman–Crippen LogP) is 5.69. The van der Waals surface area contributed by atoms with Gasteiger partial charge in [0, 0.05) is 17.7 Å². The summed E-state index contributed by atoms with van der Waals surface area (Å²) < 4.78 is 16.3. The molecule has 34 heavy (non-hydrogen) atoms. The number of hydrogen-bond acceptors (Lipinski definition) is 6. The van der Waals surface area contributed by atoms with Crippen LogP contribution in [-0.2, 0) is 4.79 Å². The Morgan fingerprint density at radius 1 is 0.765 bits per heavy atom. The molecule has 3 aromatic rings. The van der Waals surface area contributed by atoms with Crippen molar-refractivity contribution in [3.63, 3.8) is 0 Å². The molecule has 0 bridgehead atoms. The lowest BCUT2D eigenvalue weighted by Gasteiger charge is -2.30. The maximum Gasteiger partial charge on any atom is 0.163 e. The van der Waals surface area contributed by atoms with Crippen molar-refractivity contribution in [2.24, 2.45) is 0 Å². The fourth-order valence-corrected chi connectivity index (χ4v) is 4.89. The average Bonchev–Trinajstić information content (AvgIpc) is 3.05. The van der Waals surface area contributed by atoms with E-state index in [1.807, 2.05) is 54.6 Å². The van der Waals surface area contributed by atoms with Crippen molar-refractivity contribution >= 4 is 17.2 Å². The molecule has 2 atom stereocenters. The number of methoxy groups -OCH3 is 3. The van der Waals surface area contributed by atoms with Crippen LogP contribution in [0.3, 0.4) is 0 Å². The van der Waals surface area contributed by atoms with E-state index in [1.165, 1.54) is 0 Å². The van der Waals surface area contributed by atoms with Gasteiger partial charge in [-0.05, 0) is 59.9 Å². The first-order valence-electron chi connectivity index (χ1n) is 11.4. The summed E-state index contributed by atoms with van der Waals surface area (Å²) in [6, 6.07) is 21.6. The summed E-state index contributed by atoms with van der Waals surface area (Å²) in [6.07, 6.45) is 1.20. The molecule has 6 heteroatoms. The van der Waals surface area contributed by atoms with Gasteiger partial charge >= 0.3 is 0 Å². The van der Waals surface area contributed by atoms with Gasteiger partial charge in [-0.15, -0.1) is 0 Å². The van der Waals surface area contributed by atoms with Gasteiger partial charge in [0.1, 0.15) is 5.75 Å². The van der Waals surface area contributed by atoms with Crippen molar-refractivity contribution < 1.29 is 19.0 Å². The van der Waals surface area contributed by atoms with E-state index in [9.17, 15) is 4.79 Å². The highest BCUT2D eigenvalue weighted by molar-refractivity contribution is 6.01. The quantitative estimate of drug-likeness (QED) is 0.514. The van der Waals surface area contributed by atoms with Crippen LogP contribution in [0.5, 0.6) is 17.2 Å². The van der Waals surface area contributed by atoms with E-state index < -0.39 is 0 Å². The Labute approximate surface area is 199 Å². The molecule has 5 rings (SSSR count). The van der Waals surface area contributed by atoms with E-state index in [0.717, 1.165) is 45.9 Å². The number of allylic oxidation sites excluding steroid dienone is 1. The minimum Gasteiger partial charge on any atom is -0.497 e. The summed E-state index contributed by atoms with van der Waals surface area (Å²) in [5.41, 5.74) is 5.71. The van der Waals surface area contributed by atoms with Gasteiger partial charge in [0.05, 0.1) is 38.7 Å². The molecule has 0 saturated carbocycles. The molecule has 0 aromatic heterocycles. The second kappa shape index (κ2) is 9.14. The number of Topliss-reactive ketones (excluding diaryl/α,β-unsaturated/α-hetero) is 1. The van der Waals surface area contributed by atoms with E-state index in [1.54, 1.807) is 21.3 Å². The summed E-state index contributed by atoms with van der Waals surface area (Å²) >= 11 is 0. The number of para-hydroxylation sites is 2. The Kier molecular flexibility index (Phi) is 5.88. The molecular formula is C28H28N2O4. The molecule has 6 nitrogen and oxygen atoms in total. The number of hydrogen-bond donors (Lipinski definition) is 2. The predicted molar refractivity (Wildman–Crippen MR) is 133 cm³/mol. The summed E-state index contributed by atoms with van der Waals surface area (Å²) in [4.78, 5) is 13.7. The Morgan fingerprint density at radius 3 is 2.18 bits per heavy atom. The standard InChI is InChI=1S/C28H28N2O4/c1-32-20-11-8-17(9-12-20)19-14-23-27(24(31)15-19)28(30-22-7-5-4-6-21(22)29-23)18-10-13-25(33-2)26(16-18)34-3/h4-13,16,19,28-30H,14-15H2,1-3H3/t19-,28-/m0/s1. The normalized spacial score (nSPS) is 19.2. The fraction of sp³-hybridized carbons (Fsp3) is 0.250. The molecule has 0 unspecified atom stereocenters. The molecule has 2 aliphatic rings. The van der Waals surface area contributed by atoms with Crippen LogP contribution < -0.4 is 24.8 Å². The summed E-state index contributed by atoms with van der Waals surface area (Å²) in [5, 5.41) is 7.19. The third-order valence-corrected chi connectivity index (χ3v) is 6.64. The zero-order valence-corrected chi connectivity index (χ0v) is 19.6. The van der Waals surface area contributed by atoms with Crippen molar-refractivity contribution in [2.45, 2.75) is 24.8 Å². The van der Waals surface area contributed by atoms with Gasteiger partial charge in [0.25, 0.3) is 0 Å². The van der Waals surface area contributed by atoms with Gasteiger partial charge in [0.15, 0.2) is 17.3 Å². The van der Waals surface area contributed by atoms with E-state index in [0.29, 0.717) is 17.9 Å². The highest BCUT2D eigenvalue weighted by atomic mass is 16.5. The third-order valence-electron chi connectivity index (χ3n) is 6.64. The molecule has 0 amide bonds. The van der Waals surface area contributed by atoms with Crippen molar-refractivity contribution in [3.05, 3.63) is 89.1 Å². The molecule has 174 valence electrons. The van der Waals surface area contributed by atoms with Crippen LogP contribution in [0.25, 0.3) is 0 Å². The molecule has 1 aliphatic carbocycles. The number of ether oxygens (including phenoxy) is 3. The number of benzene rings is 3. The number of ketones is 1. The SMILES string of the molecule is COc1ccc([C@@H]2CC(=O)C3=C(C2)Nc2ccccc2N[C@H]3c2ccc(OC)c(OC)c2)cc1. The molecule has 0 spiro atoms. The van der Waals surface area contributed by atoms with Crippen molar-refractivity contribution in [2.75, 3.05) is 32.0 Å². The van der Waals surface area contributed by atoms with E-state index in [-0.39, 0.29) is 17.7 Å². The van der Waals surface area contributed by atoms with Gasteiger partial charge in [-0.25, -0.2) is 0 Å². The Bertz CT molecular complexity index is 1250. The number of carbonyl (C=O) groups is 1. The van der Waals surface area contributed by atoms with Gasteiger partial charge in [-0.3, -0.25) is 4.79 Å². The number of anilines is 2. The minimum absolute atomic E-state index is 0.0981. The van der Waals surface area contributed by atoms with Crippen LogP contribution >= 0.6 is 0 Å². The monoisotopic (exact) mass is 456 g/mol. The van der Waals surface area contributed by atoms with Crippen LogP contribution in [0.4, 0.5) is 11.4 Å². The maximum absolute atomic E-state index is 13.7. The average molecular weight is 457 g/mol. The molecule has 1 aliphatic heterocycles. The number of fused-ring (bicyclic) bond motifs is 1. The molecular weight excluding hydrogens is 428 g/mol. The number of nitrogens with one attached hydrogen (secondary N) is 2. The van der Waals surface area contributed by atoms with Crippen LogP contribution in [0.2, 0.25) is 0 Å². The van der Waals surface area contributed by atoms with E-state index in [2.05, 4.69) is 22.8 Å². The highest BCUT2D eigenvalue weighted by Gasteiger charge is 2.36. The zero-order valence-electron chi connectivity index (χ0n) is 19.6. The van der Waals surface area contributed by atoms with Crippen LogP contribution in [0, 0.1) is 0 Å². The molecule has 0 radical (unpaired) electrons. The molecule has 3 aromatic carbocycles. The summed E-state index contributed by atoms with van der Waals surface area (Å²) in [7, 11) is 4.89. The Morgan fingerprint density at radius 2 is 1.47 bits per heavy atom. The van der Waals surface area contributed by atoms with Crippen LogP contribution in [0.1, 0.15) is 35.9 Å². The second-order valence-electron chi connectivity index (χ2n) is 8.56. The first-order valence-corrected chi connectivity index (χ1v) is 11.4. The van der Waals surface area contributed by atoms with Crippen LogP contribution in [-0.4, -0.2) is 27.1 Å². The molecule has 2 N–H and O–H groups in total. The van der Waals surface area contributed by atoms with Gasteiger partial charge < -0.3 is 24.8 Å². The largest absolute Gasteiger partial charge is 0.497 e. The number of carbonyl (C=O) groups excluding carboxylic acids is 1. The second-order valence-corrected chi connectivity index (χ2v) is 8.56. The third kappa shape index (κ3) is 3.96. The molecule has 0 fully saturated rings. The Hall–Kier alpha value is -3.93. The summed E-state index contributed by atoms with van der Waals surface area (Å²) in [6.45, 7) is 0. The first kappa shape index (κ1) is 21.9. The van der Waals surface area contributed by atoms with E-state index >= 15 is 0 Å². The topological polar surface area (TPSA) is 68.8 Å². The molecule has 0 saturated heterocycles. The van der Waals surface area contributed by atoms with Gasteiger partial charge in [-0.2, -0.15) is 0 Å². The fourth-order valence-electron chi connectivity index (χ4n) is 4.89. The van der Waals surface area contributed by atoms with Gasteiger partial charge in [0.2, 0.25) is 0 Å². The van der Waals surface area contributed by atoms with E-state index in [4.69, 9.17) is 14.2 Å². The lowest BCUT2D eigenvalue weighted by molar-refractivity contribution is -0.116. The van der Waals surface area contributed by atoms with Crippen molar-refractivity contribution in [1.29, 1.82) is 0 Å². The van der Waals surface area contributed by atoms with Crippen LogP contribution in [0.15, 0.2) is 78.0 Å². The molecule has 1 heterocycles. The number of rotatable bonds is 5. The van der Waals surface area contributed by atoms with Gasteiger partial charge in [-0.1, -0.05) is 30.3 Å². The lowest BCUT2D eigenvalue weighted by Crippen LogP contribution is -2.26. The Balaban J connectivity index is 1.58. The minimum atomic E-state index is -0.310. The first-order chi connectivity index (χ1) is 16.6. The zero-order chi connectivity index (χ0) is 23.7. The van der Waals surface area contributed by atoms with Crippen molar-refractivity contribution in [1.82, 2.24) is 0 Å². The van der Waals surface area contributed by atoms with Crippen molar-refractivity contribution in [3.8, 4) is 17.2 Å². The summed E-state index contributed by atoms with van der Waals surface area (Å²) in [5.74, 6) is 2.33. The highest BCUT2D eigenvalue weighted by Crippen LogP contribution is 2.45. The smallest absolute Gasteiger partial charge is 0.163 e.